The second-order valence-electron chi connectivity index (χ2n) is 5.76. The Balaban J connectivity index is 1.85. The van der Waals surface area contributed by atoms with E-state index in [1.54, 1.807) is 39.2 Å². The third-order valence-electron chi connectivity index (χ3n) is 3.76. The molecule has 27 heavy (non-hydrogen) atoms. The zero-order chi connectivity index (χ0) is 19.6. The predicted octanol–water partition coefficient (Wildman–Crippen LogP) is 3.02. The molecule has 0 unspecified atom stereocenters. The maximum absolute atomic E-state index is 13.7. The van der Waals surface area contributed by atoms with Gasteiger partial charge in [0.05, 0.1) is 24.2 Å². The summed E-state index contributed by atoms with van der Waals surface area (Å²) in [6.45, 7) is 3.39. The van der Waals surface area contributed by atoms with Crippen molar-refractivity contribution in [2.24, 2.45) is 7.05 Å². The number of nitrogens with one attached hydrogen (secondary N) is 1. The van der Waals surface area contributed by atoms with Crippen LogP contribution in [0.5, 0.6) is 17.6 Å². The molecule has 0 spiro atoms. The molecule has 2 heterocycles. The molecule has 1 N–H and O–H groups in total. The molecule has 3 aromatic rings. The quantitative estimate of drug-likeness (QED) is 0.741. The van der Waals surface area contributed by atoms with Crippen molar-refractivity contribution in [1.82, 2.24) is 19.7 Å². The third kappa shape index (κ3) is 3.86. The number of carbonyl (C=O) groups is 1. The fraction of sp³-hybridized carbons (Fsp3) is 0.222. The number of amides is 1. The molecule has 2 aromatic heterocycles. The van der Waals surface area contributed by atoms with Crippen LogP contribution in [0.2, 0.25) is 0 Å². The Kier molecular flexibility index (Phi) is 5.02. The minimum Gasteiger partial charge on any atom is -0.479 e. The summed E-state index contributed by atoms with van der Waals surface area (Å²) in [5.41, 5.74) is 1.67. The van der Waals surface area contributed by atoms with Gasteiger partial charge in [0.25, 0.3) is 5.91 Å². The summed E-state index contributed by atoms with van der Waals surface area (Å²) in [4.78, 5) is 20.9. The molecule has 1 aromatic carbocycles. The van der Waals surface area contributed by atoms with Crippen molar-refractivity contribution >= 4 is 11.6 Å². The number of aryl methyl sites for hydroxylation is 3. The number of aromatic nitrogens is 4. The molecule has 0 aliphatic carbocycles. The van der Waals surface area contributed by atoms with Crippen molar-refractivity contribution < 1.29 is 18.7 Å². The van der Waals surface area contributed by atoms with E-state index < -0.39 is 11.7 Å². The molecule has 0 aliphatic heterocycles. The van der Waals surface area contributed by atoms with Gasteiger partial charge >= 0.3 is 6.01 Å². The van der Waals surface area contributed by atoms with Crippen molar-refractivity contribution in [3.05, 3.63) is 53.2 Å². The summed E-state index contributed by atoms with van der Waals surface area (Å²) >= 11 is 0. The van der Waals surface area contributed by atoms with Gasteiger partial charge in [0, 0.05) is 13.2 Å². The Morgan fingerprint density at radius 3 is 2.48 bits per heavy atom. The Hall–Kier alpha value is -3.49. The number of ether oxygens (including phenoxy) is 2. The van der Waals surface area contributed by atoms with E-state index in [-0.39, 0.29) is 23.2 Å². The second-order valence-corrected chi connectivity index (χ2v) is 5.76. The largest absolute Gasteiger partial charge is 0.479 e. The number of para-hydroxylation sites is 1. The average Bonchev–Trinajstić information content (AvgIpc) is 3.01. The highest BCUT2D eigenvalue weighted by Gasteiger charge is 2.19. The van der Waals surface area contributed by atoms with E-state index >= 15 is 0 Å². The maximum Gasteiger partial charge on any atom is 0.322 e. The minimum atomic E-state index is -0.516. The molecule has 0 fully saturated rings. The van der Waals surface area contributed by atoms with Gasteiger partial charge in [-0.2, -0.15) is 9.97 Å². The molecule has 140 valence electrons. The molecule has 8 nitrogen and oxygen atoms in total. The van der Waals surface area contributed by atoms with Gasteiger partial charge in [-0.05, 0) is 26.0 Å². The first kappa shape index (κ1) is 18.3. The fourth-order valence-corrected chi connectivity index (χ4v) is 2.49. The molecular formula is C18H18FN5O3. The van der Waals surface area contributed by atoms with Crippen molar-refractivity contribution in [1.29, 1.82) is 0 Å². The lowest BCUT2D eigenvalue weighted by Crippen LogP contribution is -2.15. The summed E-state index contributed by atoms with van der Waals surface area (Å²) in [7, 11) is 3.13. The molecule has 0 aliphatic rings. The predicted molar refractivity (Wildman–Crippen MR) is 95.7 cm³/mol. The molecule has 9 heteroatoms. The van der Waals surface area contributed by atoms with E-state index in [1.807, 2.05) is 0 Å². The van der Waals surface area contributed by atoms with Crippen molar-refractivity contribution in [3.63, 3.8) is 0 Å². The number of rotatable bonds is 5. The first-order chi connectivity index (χ1) is 12.9. The number of nitrogens with zero attached hydrogens (tertiary/aromatic N) is 4. The Morgan fingerprint density at radius 1 is 1.19 bits per heavy atom. The van der Waals surface area contributed by atoms with Gasteiger partial charge in [0.2, 0.25) is 5.88 Å². The van der Waals surface area contributed by atoms with Gasteiger partial charge in [0.1, 0.15) is 5.56 Å². The van der Waals surface area contributed by atoms with Crippen molar-refractivity contribution in [2.75, 3.05) is 12.4 Å². The summed E-state index contributed by atoms with van der Waals surface area (Å²) < 4.78 is 25.7. The minimum absolute atomic E-state index is 0.00735. The Morgan fingerprint density at radius 2 is 1.85 bits per heavy atom. The van der Waals surface area contributed by atoms with Crippen LogP contribution in [0.1, 0.15) is 21.7 Å². The third-order valence-corrected chi connectivity index (χ3v) is 3.76. The highest BCUT2D eigenvalue weighted by atomic mass is 19.1. The SMILES string of the molecule is COc1nn(C)cc1C(=O)Nc1c(C)nc(Oc2ccccc2F)nc1C. The Bertz CT molecular complexity index is 979. The number of anilines is 1. The highest BCUT2D eigenvalue weighted by Crippen LogP contribution is 2.26. The standard InChI is InChI=1S/C18H18FN5O3/c1-10-15(22-16(25)12-9-24(3)23-17(12)26-4)11(2)21-18(20-10)27-14-8-6-5-7-13(14)19/h5-9H,1-4H3,(H,22,25). The van der Waals surface area contributed by atoms with Gasteiger partial charge in [-0.15, -0.1) is 5.10 Å². The lowest BCUT2D eigenvalue weighted by Gasteiger charge is -2.12. The zero-order valence-corrected chi connectivity index (χ0v) is 15.3. The lowest BCUT2D eigenvalue weighted by molar-refractivity contribution is 0.102. The highest BCUT2D eigenvalue weighted by molar-refractivity contribution is 6.06. The zero-order valence-electron chi connectivity index (χ0n) is 15.3. The van der Waals surface area contributed by atoms with Crippen LogP contribution in [-0.2, 0) is 7.05 Å². The molecule has 0 atom stereocenters. The van der Waals surface area contributed by atoms with Gasteiger partial charge < -0.3 is 14.8 Å². The van der Waals surface area contributed by atoms with Crippen LogP contribution in [-0.4, -0.2) is 32.8 Å². The smallest absolute Gasteiger partial charge is 0.322 e. The summed E-state index contributed by atoms with van der Waals surface area (Å²) in [5, 5.41) is 6.81. The first-order valence-corrected chi connectivity index (χ1v) is 8.05. The fourth-order valence-electron chi connectivity index (χ4n) is 2.49. The van der Waals surface area contributed by atoms with Gasteiger partial charge in [0.15, 0.2) is 11.6 Å². The number of carbonyl (C=O) groups excluding carboxylic acids is 1. The molecular weight excluding hydrogens is 353 g/mol. The van der Waals surface area contributed by atoms with Crippen LogP contribution in [0.25, 0.3) is 0 Å². The van der Waals surface area contributed by atoms with E-state index in [2.05, 4.69) is 20.4 Å². The molecule has 3 rings (SSSR count). The molecule has 0 bridgehead atoms. The molecule has 0 radical (unpaired) electrons. The lowest BCUT2D eigenvalue weighted by atomic mass is 10.2. The number of halogens is 1. The molecule has 0 saturated heterocycles. The Labute approximate surface area is 155 Å². The number of hydrogen-bond donors (Lipinski definition) is 1. The molecule has 0 saturated carbocycles. The first-order valence-electron chi connectivity index (χ1n) is 8.05. The molecule has 1 amide bonds. The summed E-state index contributed by atoms with van der Waals surface area (Å²) in [6, 6.07) is 5.96. The van der Waals surface area contributed by atoms with E-state index in [9.17, 15) is 9.18 Å². The van der Waals surface area contributed by atoms with Gasteiger partial charge in [-0.1, -0.05) is 12.1 Å². The van der Waals surface area contributed by atoms with E-state index in [0.29, 0.717) is 17.1 Å². The number of methoxy groups -OCH3 is 1. The van der Waals surface area contributed by atoms with E-state index in [0.717, 1.165) is 0 Å². The number of hydrogen-bond acceptors (Lipinski definition) is 6. The van der Waals surface area contributed by atoms with Gasteiger partial charge in [-0.25, -0.2) is 4.39 Å². The van der Waals surface area contributed by atoms with Crippen molar-refractivity contribution in [2.45, 2.75) is 13.8 Å². The van der Waals surface area contributed by atoms with E-state index in [4.69, 9.17) is 9.47 Å². The van der Waals surface area contributed by atoms with Crippen LogP contribution < -0.4 is 14.8 Å². The second kappa shape index (κ2) is 7.40. The average molecular weight is 371 g/mol. The number of benzene rings is 1. The van der Waals surface area contributed by atoms with Crippen molar-refractivity contribution in [3.8, 4) is 17.6 Å². The van der Waals surface area contributed by atoms with Crippen LogP contribution in [0.4, 0.5) is 10.1 Å². The van der Waals surface area contributed by atoms with E-state index in [1.165, 1.54) is 23.9 Å². The van der Waals surface area contributed by atoms with Crippen LogP contribution in [0.3, 0.4) is 0 Å². The van der Waals surface area contributed by atoms with Gasteiger partial charge in [-0.3, -0.25) is 9.48 Å². The van der Waals surface area contributed by atoms with Crippen LogP contribution >= 0.6 is 0 Å². The monoisotopic (exact) mass is 371 g/mol. The summed E-state index contributed by atoms with van der Waals surface area (Å²) in [6.07, 6.45) is 1.55. The topological polar surface area (TPSA) is 91.2 Å². The normalized spacial score (nSPS) is 10.6. The van der Waals surface area contributed by atoms with Crippen LogP contribution in [0.15, 0.2) is 30.5 Å². The maximum atomic E-state index is 13.7. The summed E-state index contributed by atoms with van der Waals surface area (Å²) in [5.74, 6) is -0.686. The van der Waals surface area contributed by atoms with Crippen LogP contribution in [0, 0.1) is 19.7 Å².